The van der Waals surface area contributed by atoms with E-state index in [4.69, 9.17) is 20.4 Å². The highest BCUT2D eigenvalue weighted by molar-refractivity contribution is 5.90. The van der Waals surface area contributed by atoms with Gasteiger partial charge in [0.25, 0.3) is 0 Å². The predicted molar refractivity (Wildman–Crippen MR) is 121 cm³/mol. The Morgan fingerprint density at radius 3 is 2.61 bits per heavy atom. The lowest BCUT2D eigenvalue weighted by molar-refractivity contribution is 0.400. The van der Waals surface area contributed by atoms with Crippen LogP contribution in [0.4, 0.5) is 5.82 Å². The molecule has 2 aromatic carbocycles. The number of nitrogen functional groups attached to an aromatic ring is 1. The molecule has 0 amide bonds. The van der Waals surface area contributed by atoms with Crippen molar-refractivity contribution in [3.8, 4) is 22.9 Å². The van der Waals surface area contributed by atoms with Crippen LogP contribution in [0.1, 0.15) is 31.0 Å². The van der Waals surface area contributed by atoms with E-state index >= 15 is 0 Å². The van der Waals surface area contributed by atoms with Crippen molar-refractivity contribution >= 4 is 22.2 Å². The van der Waals surface area contributed by atoms with E-state index < -0.39 is 0 Å². The third kappa shape index (κ3) is 3.08. The number of anilines is 1. The molecule has 0 unspecified atom stereocenters. The number of hydrogen-bond acceptors (Lipinski definition) is 5. The van der Waals surface area contributed by atoms with Gasteiger partial charge in [0.2, 0.25) is 5.88 Å². The van der Waals surface area contributed by atoms with Crippen LogP contribution >= 0.6 is 0 Å². The molecule has 1 saturated carbocycles. The number of rotatable bonds is 4. The summed E-state index contributed by atoms with van der Waals surface area (Å²) in [4.78, 5) is 14.1. The molecule has 0 atom stereocenters. The molecular weight excluding hydrogens is 386 g/mol. The third-order valence-electron chi connectivity index (χ3n) is 5.99. The van der Waals surface area contributed by atoms with Gasteiger partial charge in [-0.05, 0) is 37.1 Å². The first-order valence-corrected chi connectivity index (χ1v) is 10.5. The molecule has 0 spiro atoms. The van der Waals surface area contributed by atoms with Gasteiger partial charge in [-0.2, -0.15) is 0 Å². The summed E-state index contributed by atoms with van der Waals surface area (Å²) < 4.78 is 8.02. The van der Waals surface area contributed by atoms with E-state index in [0.29, 0.717) is 17.6 Å². The summed E-state index contributed by atoms with van der Waals surface area (Å²) in [5.41, 5.74) is 9.82. The zero-order valence-corrected chi connectivity index (χ0v) is 16.9. The van der Waals surface area contributed by atoms with E-state index in [0.717, 1.165) is 39.3 Å². The number of nitrogens with two attached hydrogens (primary N) is 1. The average molecular weight is 407 g/mol. The van der Waals surface area contributed by atoms with Gasteiger partial charge in [-0.15, -0.1) is 0 Å². The Labute approximate surface area is 179 Å². The maximum absolute atomic E-state index is 6.28. The lowest BCUT2D eigenvalue weighted by atomic mass is 9.85. The summed E-state index contributed by atoms with van der Waals surface area (Å²) in [5, 5.41) is 1.04. The second kappa shape index (κ2) is 7.09. The number of benzene rings is 2. The van der Waals surface area contributed by atoms with Crippen LogP contribution in [0.25, 0.3) is 27.7 Å². The first-order valence-electron chi connectivity index (χ1n) is 10.5. The summed E-state index contributed by atoms with van der Waals surface area (Å²) in [6.07, 6.45) is 7.28. The fraction of sp³-hybridized carbons (Fsp3) is 0.160. The van der Waals surface area contributed by atoms with Crippen LogP contribution in [0, 0.1) is 0 Å². The zero-order chi connectivity index (χ0) is 20.8. The Bertz CT molecular complexity index is 1410. The van der Waals surface area contributed by atoms with Crippen LogP contribution < -0.4 is 10.5 Å². The Kier molecular flexibility index (Phi) is 4.09. The number of nitrogens with zero attached hydrogens (tertiary/aromatic N) is 4. The second-order valence-corrected chi connectivity index (χ2v) is 7.95. The van der Waals surface area contributed by atoms with Crippen molar-refractivity contribution in [3.63, 3.8) is 0 Å². The largest absolute Gasteiger partial charge is 0.439 e. The molecule has 0 saturated heterocycles. The fourth-order valence-corrected chi connectivity index (χ4v) is 4.15. The van der Waals surface area contributed by atoms with Crippen LogP contribution in [0.5, 0.6) is 11.6 Å². The molecule has 0 aliphatic heterocycles. The molecule has 1 fully saturated rings. The molecule has 31 heavy (non-hydrogen) atoms. The predicted octanol–water partition coefficient (Wildman–Crippen LogP) is 5.59. The molecule has 6 heteroatoms. The minimum Gasteiger partial charge on any atom is -0.439 e. The summed E-state index contributed by atoms with van der Waals surface area (Å²) in [6, 6.07) is 19.8. The minimum absolute atomic E-state index is 0.479. The zero-order valence-electron chi connectivity index (χ0n) is 16.9. The highest BCUT2D eigenvalue weighted by Crippen LogP contribution is 2.39. The van der Waals surface area contributed by atoms with Gasteiger partial charge < -0.3 is 10.5 Å². The lowest BCUT2D eigenvalue weighted by Crippen LogP contribution is -2.12. The average Bonchev–Trinajstić information content (AvgIpc) is 3.13. The maximum atomic E-state index is 6.28. The van der Waals surface area contributed by atoms with Crippen LogP contribution in [0.3, 0.4) is 0 Å². The Hall–Kier alpha value is -3.93. The van der Waals surface area contributed by atoms with Crippen molar-refractivity contribution in [1.82, 2.24) is 19.4 Å². The van der Waals surface area contributed by atoms with Crippen molar-refractivity contribution < 1.29 is 4.74 Å². The molecule has 0 radical (unpaired) electrons. The van der Waals surface area contributed by atoms with Crippen molar-refractivity contribution in [2.45, 2.75) is 25.2 Å². The minimum atomic E-state index is 0.479. The fourth-order valence-electron chi connectivity index (χ4n) is 4.15. The van der Waals surface area contributed by atoms with E-state index in [1.165, 1.54) is 19.3 Å². The van der Waals surface area contributed by atoms with Gasteiger partial charge in [0.1, 0.15) is 28.6 Å². The molecule has 6 rings (SSSR count). The lowest BCUT2D eigenvalue weighted by Gasteiger charge is -2.23. The molecule has 152 valence electrons. The highest BCUT2D eigenvalue weighted by atomic mass is 16.5. The molecule has 3 aromatic heterocycles. The Balaban J connectivity index is 1.46. The normalized spacial score (nSPS) is 14.1. The van der Waals surface area contributed by atoms with Crippen molar-refractivity contribution in [1.29, 1.82) is 0 Å². The Morgan fingerprint density at radius 2 is 1.81 bits per heavy atom. The monoisotopic (exact) mass is 407 g/mol. The number of ether oxygens (including phenoxy) is 1. The van der Waals surface area contributed by atoms with Gasteiger partial charge in [-0.1, -0.05) is 36.8 Å². The molecule has 3 heterocycles. The van der Waals surface area contributed by atoms with Crippen LogP contribution in [-0.2, 0) is 0 Å². The van der Waals surface area contributed by atoms with Crippen molar-refractivity contribution in [2.24, 2.45) is 0 Å². The van der Waals surface area contributed by atoms with Gasteiger partial charge >= 0.3 is 0 Å². The van der Waals surface area contributed by atoms with Gasteiger partial charge in [0.15, 0.2) is 0 Å². The van der Waals surface area contributed by atoms with E-state index in [9.17, 15) is 0 Å². The first kappa shape index (κ1) is 17.9. The maximum Gasteiger partial charge on any atom is 0.219 e. The van der Waals surface area contributed by atoms with E-state index in [1.807, 2.05) is 54.7 Å². The second-order valence-electron chi connectivity index (χ2n) is 7.95. The van der Waals surface area contributed by atoms with Crippen molar-refractivity contribution in [3.05, 3.63) is 78.9 Å². The molecule has 0 bridgehead atoms. The molecule has 1 aliphatic carbocycles. The number of para-hydroxylation sites is 1. The number of fused-ring (bicyclic) bond motifs is 2. The molecule has 5 aromatic rings. The van der Waals surface area contributed by atoms with Crippen LogP contribution in [0.2, 0.25) is 0 Å². The van der Waals surface area contributed by atoms with Crippen LogP contribution in [-0.4, -0.2) is 19.4 Å². The number of pyridine rings is 1. The van der Waals surface area contributed by atoms with Gasteiger partial charge in [0.05, 0.1) is 5.52 Å². The quantitative estimate of drug-likeness (QED) is 0.420. The van der Waals surface area contributed by atoms with Gasteiger partial charge in [-0.3, -0.25) is 4.40 Å². The smallest absolute Gasteiger partial charge is 0.219 e. The van der Waals surface area contributed by atoms with Crippen LogP contribution in [0.15, 0.2) is 73.1 Å². The van der Waals surface area contributed by atoms with E-state index in [1.54, 1.807) is 6.20 Å². The molecule has 6 nitrogen and oxygen atoms in total. The van der Waals surface area contributed by atoms with E-state index in [2.05, 4.69) is 21.5 Å². The Morgan fingerprint density at radius 1 is 0.968 bits per heavy atom. The first-order chi connectivity index (χ1) is 15.3. The topological polar surface area (TPSA) is 78.3 Å². The summed E-state index contributed by atoms with van der Waals surface area (Å²) >= 11 is 0. The molecular formula is C25H21N5O. The standard InChI is InChI=1S/C25H21N5O/c26-24-23-22(29-25(17-5-4-6-17)30(23)14-13-27-24)18-10-9-16-11-12-21(28-20(16)15-18)31-19-7-2-1-3-8-19/h1-3,7-15,17H,4-6H2,(H2,26,27). The number of hydrogen-bond donors (Lipinski definition) is 1. The van der Waals surface area contributed by atoms with E-state index in [-0.39, 0.29) is 0 Å². The number of aromatic nitrogens is 4. The van der Waals surface area contributed by atoms with Crippen molar-refractivity contribution in [2.75, 3.05) is 5.73 Å². The van der Waals surface area contributed by atoms with Gasteiger partial charge in [0, 0.05) is 35.3 Å². The third-order valence-corrected chi connectivity index (χ3v) is 5.99. The molecule has 1 aliphatic rings. The summed E-state index contributed by atoms with van der Waals surface area (Å²) in [6.45, 7) is 0. The molecule has 2 N–H and O–H groups in total. The summed E-state index contributed by atoms with van der Waals surface area (Å²) in [7, 11) is 0. The SMILES string of the molecule is Nc1nccn2c(C3CCC3)nc(-c3ccc4ccc(Oc5ccccc5)nc4c3)c12. The highest BCUT2D eigenvalue weighted by Gasteiger charge is 2.26. The van der Waals surface area contributed by atoms with Gasteiger partial charge in [-0.25, -0.2) is 15.0 Å². The number of imidazole rings is 1. The summed E-state index contributed by atoms with van der Waals surface area (Å²) in [5.74, 6) is 3.35.